The highest BCUT2D eigenvalue weighted by atomic mass is 19.1. The average Bonchev–Trinajstić information content (AvgIpc) is 3.29. The number of fused-ring (bicyclic) bond motifs is 1. The largest absolute Gasteiger partial charge is 0.351 e. The van der Waals surface area contributed by atoms with Crippen molar-refractivity contribution in [3.8, 4) is 0 Å². The second kappa shape index (κ2) is 6.20. The van der Waals surface area contributed by atoms with Crippen LogP contribution < -0.4 is 5.32 Å². The van der Waals surface area contributed by atoms with E-state index in [-0.39, 0.29) is 11.8 Å². The molecule has 132 valence electrons. The Morgan fingerprint density at radius 1 is 1.12 bits per heavy atom. The molecule has 1 aliphatic carbocycles. The van der Waals surface area contributed by atoms with E-state index in [0.717, 1.165) is 23.3 Å². The van der Waals surface area contributed by atoms with E-state index in [4.69, 9.17) is 0 Å². The standard InChI is InChI=1S/C22H19F2NO/c1-14-12-22(14,19-10-9-16(23)11-20(19)24)13-25-21(26)18-8-4-6-15-5-2-3-7-17(15)18/h2-11,14H,12-13H2,1H3,(H,25,26). The Labute approximate surface area is 150 Å². The molecule has 3 aromatic carbocycles. The summed E-state index contributed by atoms with van der Waals surface area (Å²) in [6.07, 6.45) is 0.769. The van der Waals surface area contributed by atoms with Crippen molar-refractivity contribution in [2.75, 3.05) is 6.54 Å². The summed E-state index contributed by atoms with van der Waals surface area (Å²) in [6.45, 7) is 2.35. The molecular weight excluding hydrogens is 332 g/mol. The fourth-order valence-corrected chi connectivity index (χ4v) is 3.85. The van der Waals surface area contributed by atoms with Gasteiger partial charge in [0.2, 0.25) is 0 Å². The number of hydrogen-bond acceptors (Lipinski definition) is 1. The van der Waals surface area contributed by atoms with E-state index >= 15 is 0 Å². The number of benzene rings is 3. The zero-order valence-electron chi connectivity index (χ0n) is 14.4. The zero-order valence-corrected chi connectivity index (χ0v) is 14.4. The highest BCUT2D eigenvalue weighted by Gasteiger charge is 2.53. The Kier molecular flexibility index (Phi) is 3.98. The third kappa shape index (κ3) is 2.75. The van der Waals surface area contributed by atoms with Gasteiger partial charge in [0.15, 0.2) is 0 Å². The maximum atomic E-state index is 14.3. The lowest BCUT2D eigenvalue weighted by atomic mass is 9.92. The first-order valence-electron chi connectivity index (χ1n) is 8.73. The monoisotopic (exact) mass is 351 g/mol. The van der Waals surface area contributed by atoms with Crippen LogP contribution in [0.4, 0.5) is 8.78 Å². The Morgan fingerprint density at radius 2 is 1.85 bits per heavy atom. The van der Waals surface area contributed by atoms with E-state index in [1.54, 1.807) is 6.07 Å². The van der Waals surface area contributed by atoms with E-state index in [9.17, 15) is 13.6 Å². The third-order valence-corrected chi connectivity index (χ3v) is 5.52. The maximum absolute atomic E-state index is 14.3. The highest BCUT2D eigenvalue weighted by Crippen LogP contribution is 2.54. The van der Waals surface area contributed by atoms with Crippen LogP contribution in [0.25, 0.3) is 10.8 Å². The van der Waals surface area contributed by atoms with E-state index < -0.39 is 17.0 Å². The molecule has 0 saturated heterocycles. The van der Waals surface area contributed by atoms with Crippen molar-refractivity contribution in [2.24, 2.45) is 5.92 Å². The van der Waals surface area contributed by atoms with E-state index in [0.29, 0.717) is 17.7 Å². The molecule has 1 saturated carbocycles. The van der Waals surface area contributed by atoms with Crippen LogP contribution in [0.3, 0.4) is 0 Å². The van der Waals surface area contributed by atoms with Crippen molar-refractivity contribution in [1.82, 2.24) is 5.32 Å². The van der Waals surface area contributed by atoms with Crippen molar-refractivity contribution < 1.29 is 13.6 Å². The predicted molar refractivity (Wildman–Crippen MR) is 98.1 cm³/mol. The minimum atomic E-state index is -0.588. The summed E-state index contributed by atoms with van der Waals surface area (Å²) in [4.78, 5) is 12.7. The van der Waals surface area contributed by atoms with Gasteiger partial charge in [-0.2, -0.15) is 0 Å². The molecule has 2 nitrogen and oxygen atoms in total. The lowest BCUT2D eigenvalue weighted by Gasteiger charge is -2.19. The van der Waals surface area contributed by atoms with Crippen LogP contribution in [-0.4, -0.2) is 12.5 Å². The first-order chi connectivity index (χ1) is 12.5. The summed E-state index contributed by atoms with van der Waals surface area (Å²) in [5, 5.41) is 4.85. The number of carbonyl (C=O) groups excluding carboxylic acids is 1. The summed E-state index contributed by atoms with van der Waals surface area (Å²) in [5.74, 6) is -1.08. The van der Waals surface area contributed by atoms with Gasteiger partial charge in [-0.05, 0) is 40.8 Å². The number of amides is 1. The van der Waals surface area contributed by atoms with Gasteiger partial charge in [-0.3, -0.25) is 4.79 Å². The quantitative estimate of drug-likeness (QED) is 0.717. The van der Waals surface area contributed by atoms with E-state index in [2.05, 4.69) is 5.32 Å². The minimum Gasteiger partial charge on any atom is -0.351 e. The Hall–Kier alpha value is -2.75. The average molecular weight is 351 g/mol. The fourth-order valence-electron chi connectivity index (χ4n) is 3.85. The molecule has 1 amide bonds. The molecule has 1 aliphatic rings. The molecule has 26 heavy (non-hydrogen) atoms. The van der Waals surface area contributed by atoms with Crippen LogP contribution in [0.5, 0.6) is 0 Å². The van der Waals surface area contributed by atoms with Crippen LogP contribution in [0.15, 0.2) is 60.7 Å². The second-order valence-corrected chi connectivity index (χ2v) is 7.09. The van der Waals surface area contributed by atoms with Crippen molar-refractivity contribution >= 4 is 16.7 Å². The second-order valence-electron chi connectivity index (χ2n) is 7.09. The predicted octanol–water partition coefficient (Wildman–Crippen LogP) is 4.83. The van der Waals surface area contributed by atoms with Gasteiger partial charge in [0.25, 0.3) is 5.91 Å². The first kappa shape index (κ1) is 16.7. The molecule has 4 rings (SSSR count). The van der Waals surface area contributed by atoms with Crippen molar-refractivity contribution in [3.63, 3.8) is 0 Å². The summed E-state index contributed by atoms with van der Waals surface area (Å²) in [5.41, 5.74) is 0.619. The molecule has 4 heteroatoms. The van der Waals surface area contributed by atoms with E-state index in [1.165, 1.54) is 12.1 Å². The number of halogens is 2. The van der Waals surface area contributed by atoms with Crippen LogP contribution in [0.1, 0.15) is 29.3 Å². The topological polar surface area (TPSA) is 29.1 Å². The number of hydrogen-bond donors (Lipinski definition) is 1. The number of carbonyl (C=O) groups is 1. The Morgan fingerprint density at radius 3 is 2.58 bits per heavy atom. The molecule has 1 N–H and O–H groups in total. The Balaban J connectivity index is 1.58. The van der Waals surface area contributed by atoms with Gasteiger partial charge in [0.1, 0.15) is 11.6 Å². The zero-order chi connectivity index (χ0) is 18.3. The van der Waals surface area contributed by atoms with Crippen LogP contribution in [0, 0.1) is 17.6 Å². The SMILES string of the molecule is CC1CC1(CNC(=O)c1cccc2ccccc12)c1ccc(F)cc1F. The Bertz CT molecular complexity index is 995. The van der Waals surface area contributed by atoms with E-state index in [1.807, 2.05) is 43.3 Å². The fraction of sp³-hybridized carbons (Fsp3) is 0.227. The molecule has 1 fully saturated rings. The normalized spacial score (nSPS) is 21.6. The lowest BCUT2D eigenvalue weighted by Crippen LogP contribution is -2.34. The van der Waals surface area contributed by atoms with Gasteiger partial charge in [-0.25, -0.2) is 8.78 Å². The summed E-state index contributed by atoms with van der Waals surface area (Å²) in [6, 6.07) is 17.0. The van der Waals surface area contributed by atoms with Gasteiger partial charge in [0, 0.05) is 23.6 Å². The number of nitrogens with one attached hydrogen (secondary N) is 1. The van der Waals surface area contributed by atoms with Gasteiger partial charge < -0.3 is 5.32 Å². The van der Waals surface area contributed by atoms with Crippen LogP contribution in [-0.2, 0) is 5.41 Å². The van der Waals surface area contributed by atoms with Crippen molar-refractivity contribution in [2.45, 2.75) is 18.8 Å². The molecule has 2 unspecified atom stereocenters. The number of rotatable bonds is 4. The van der Waals surface area contributed by atoms with Gasteiger partial charge in [-0.1, -0.05) is 49.4 Å². The third-order valence-electron chi connectivity index (χ3n) is 5.52. The van der Waals surface area contributed by atoms with Gasteiger partial charge in [0.05, 0.1) is 0 Å². The summed E-state index contributed by atoms with van der Waals surface area (Å²) >= 11 is 0. The summed E-state index contributed by atoms with van der Waals surface area (Å²) < 4.78 is 27.5. The molecule has 0 radical (unpaired) electrons. The molecule has 0 bridgehead atoms. The molecule has 0 spiro atoms. The van der Waals surface area contributed by atoms with Gasteiger partial charge >= 0.3 is 0 Å². The smallest absolute Gasteiger partial charge is 0.251 e. The minimum absolute atomic E-state index is 0.178. The first-order valence-corrected chi connectivity index (χ1v) is 8.73. The lowest BCUT2D eigenvalue weighted by molar-refractivity contribution is 0.0950. The van der Waals surface area contributed by atoms with Crippen molar-refractivity contribution in [1.29, 1.82) is 0 Å². The molecule has 0 heterocycles. The summed E-state index contributed by atoms with van der Waals surface area (Å²) in [7, 11) is 0. The molecule has 0 aliphatic heterocycles. The molecule has 0 aromatic heterocycles. The van der Waals surface area contributed by atoms with Gasteiger partial charge in [-0.15, -0.1) is 0 Å². The maximum Gasteiger partial charge on any atom is 0.251 e. The van der Waals surface area contributed by atoms with Crippen LogP contribution in [0.2, 0.25) is 0 Å². The molecule has 3 aromatic rings. The highest BCUT2D eigenvalue weighted by molar-refractivity contribution is 6.07. The molecule has 2 atom stereocenters. The molecular formula is C22H19F2NO. The van der Waals surface area contributed by atoms with Crippen LogP contribution >= 0.6 is 0 Å². The van der Waals surface area contributed by atoms with Crippen molar-refractivity contribution in [3.05, 3.63) is 83.4 Å².